The molecular weight excluding hydrogens is 244 g/mol. The van der Waals surface area contributed by atoms with Gasteiger partial charge < -0.3 is 5.11 Å². The van der Waals surface area contributed by atoms with Gasteiger partial charge in [-0.2, -0.15) is 0 Å². The summed E-state index contributed by atoms with van der Waals surface area (Å²) >= 11 is 1.56. The van der Waals surface area contributed by atoms with Crippen LogP contribution in [-0.2, 0) is 0 Å². The molecule has 1 N–H and O–H groups in total. The lowest BCUT2D eigenvalue weighted by molar-refractivity contribution is 0.104. The minimum absolute atomic E-state index is 0.00574. The largest absolute Gasteiger partial charge is 0.507 e. The Kier molecular flexibility index (Phi) is 1.76. The highest BCUT2D eigenvalue weighted by Crippen LogP contribution is 2.46. The summed E-state index contributed by atoms with van der Waals surface area (Å²) in [6.07, 6.45) is 0. The second-order valence-corrected chi connectivity index (χ2v) is 5.27. The van der Waals surface area contributed by atoms with E-state index >= 15 is 0 Å². The molecule has 0 atom stereocenters. The summed E-state index contributed by atoms with van der Waals surface area (Å²) in [7, 11) is 0. The number of rotatable bonds is 0. The summed E-state index contributed by atoms with van der Waals surface area (Å²) in [4.78, 5) is 12.3. The quantitative estimate of drug-likeness (QED) is 0.516. The van der Waals surface area contributed by atoms with Crippen molar-refractivity contribution in [3.8, 4) is 16.9 Å². The Bertz CT molecular complexity index is 814. The molecule has 2 aromatic carbocycles. The molecule has 0 unspecified atom stereocenters. The minimum Gasteiger partial charge on any atom is -0.507 e. The van der Waals surface area contributed by atoms with E-state index in [2.05, 4.69) is 0 Å². The number of carbonyl (C=O) groups excluding carboxylic acids is 1. The van der Waals surface area contributed by atoms with Gasteiger partial charge in [0.15, 0.2) is 5.78 Å². The molecule has 1 aliphatic rings. The maximum Gasteiger partial charge on any atom is 0.194 e. The highest BCUT2D eigenvalue weighted by molar-refractivity contribution is 7.18. The van der Waals surface area contributed by atoms with Crippen LogP contribution < -0.4 is 0 Å². The third-order valence-corrected chi connectivity index (χ3v) is 4.34. The number of phenols is 1. The number of hydrogen-bond acceptors (Lipinski definition) is 3. The Morgan fingerprint density at radius 2 is 1.78 bits per heavy atom. The summed E-state index contributed by atoms with van der Waals surface area (Å²) in [5.41, 5.74) is 3.29. The monoisotopic (exact) mass is 252 g/mol. The van der Waals surface area contributed by atoms with E-state index in [0.29, 0.717) is 5.56 Å². The summed E-state index contributed by atoms with van der Waals surface area (Å²) in [5, 5.41) is 12.7. The zero-order valence-corrected chi connectivity index (χ0v) is 10.1. The maximum atomic E-state index is 12.3. The molecule has 3 aromatic rings. The van der Waals surface area contributed by atoms with Crippen molar-refractivity contribution >= 4 is 27.2 Å². The van der Waals surface area contributed by atoms with Gasteiger partial charge in [-0.3, -0.25) is 4.79 Å². The van der Waals surface area contributed by atoms with Crippen molar-refractivity contribution in [2.24, 2.45) is 0 Å². The molecule has 1 heterocycles. The van der Waals surface area contributed by atoms with Crippen LogP contribution in [0, 0.1) is 0 Å². The van der Waals surface area contributed by atoms with Crippen molar-refractivity contribution in [2.75, 3.05) is 0 Å². The van der Waals surface area contributed by atoms with E-state index in [1.54, 1.807) is 17.4 Å². The highest BCUT2D eigenvalue weighted by Gasteiger charge is 2.29. The topological polar surface area (TPSA) is 37.3 Å². The van der Waals surface area contributed by atoms with Gasteiger partial charge >= 0.3 is 0 Å². The first kappa shape index (κ1) is 9.85. The van der Waals surface area contributed by atoms with Crippen LogP contribution in [0.1, 0.15) is 15.9 Å². The molecule has 4 rings (SSSR count). The number of ketones is 1. The van der Waals surface area contributed by atoms with Gasteiger partial charge in [-0.05, 0) is 23.1 Å². The van der Waals surface area contributed by atoms with Crippen LogP contribution in [0.4, 0.5) is 0 Å². The first-order valence-corrected chi connectivity index (χ1v) is 6.52. The van der Waals surface area contributed by atoms with Crippen LogP contribution in [0.5, 0.6) is 5.75 Å². The fourth-order valence-corrected chi connectivity index (χ4v) is 3.58. The van der Waals surface area contributed by atoms with E-state index in [9.17, 15) is 9.90 Å². The Labute approximate surface area is 107 Å². The Morgan fingerprint density at radius 1 is 1.00 bits per heavy atom. The first-order valence-electron chi connectivity index (χ1n) is 5.64. The van der Waals surface area contributed by atoms with Crippen molar-refractivity contribution in [3.05, 3.63) is 52.9 Å². The lowest BCUT2D eigenvalue weighted by Crippen LogP contribution is -1.94. The molecule has 0 saturated heterocycles. The summed E-state index contributed by atoms with van der Waals surface area (Å²) in [6.45, 7) is 0. The molecule has 0 saturated carbocycles. The lowest BCUT2D eigenvalue weighted by atomic mass is 10.0. The predicted octanol–water partition coefficient (Wildman–Crippen LogP) is 3.82. The van der Waals surface area contributed by atoms with Gasteiger partial charge in [0.05, 0.1) is 0 Å². The van der Waals surface area contributed by atoms with Crippen molar-refractivity contribution in [1.82, 2.24) is 0 Å². The summed E-state index contributed by atoms with van der Waals surface area (Å²) in [5.74, 6) is 0.192. The van der Waals surface area contributed by atoms with Crippen molar-refractivity contribution in [3.63, 3.8) is 0 Å². The molecule has 3 heteroatoms. The molecule has 1 aromatic heterocycles. The van der Waals surface area contributed by atoms with E-state index in [4.69, 9.17) is 0 Å². The average Bonchev–Trinajstić information content (AvgIpc) is 2.96. The Hall–Kier alpha value is -2.13. The highest BCUT2D eigenvalue weighted by atomic mass is 32.1. The van der Waals surface area contributed by atoms with Crippen molar-refractivity contribution < 1.29 is 9.90 Å². The van der Waals surface area contributed by atoms with Gasteiger partial charge in [0.1, 0.15) is 5.75 Å². The van der Waals surface area contributed by atoms with Gasteiger partial charge in [-0.1, -0.05) is 24.3 Å². The van der Waals surface area contributed by atoms with E-state index in [0.717, 1.165) is 26.8 Å². The zero-order chi connectivity index (χ0) is 12.3. The third-order valence-electron chi connectivity index (χ3n) is 3.40. The normalized spacial score (nSPS) is 12.8. The number of phenolic OH excluding ortho intramolecular Hbond substituents is 1. The minimum atomic E-state index is 0.00574. The van der Waals surface area contributed by atoms with Crippen molar-refractivity contribution in [1.29, 1.82) is 0 Å². The number of thiophene rings is 1. The van der Waals surface area contributed by atoms with Gasteiger partial charge in [-0.25, -0.2) is 0 Å². The molecule has 0 radical (unpaired) electrons. The molecule has 18 heavy (non-hydrogen) atoms. The predicted molar refractivity (Wildman–Crippen MR) is 72.4 cm³/mol. The molecule has 0 amide bonds. The van der Waals surface area contributed by atoms with E-state index < -0.39 is 0 Å². The van der Waals surface area contributed by atoms with Gasteiger partial charge in [-0.15, -0.1) is 11.3 Å². The van der Waals surface area contributed by atoms with Crippen LogP contribution in [0.3, 0.4) is 0 Å². The van der Waals surface area contributed by atoms with Gasteiger partial charge in [0, 0.05) is 26.8 Å². The number of benzene rings is 2. The second kappa shape index (κ2) is 3.21. The van der Waals surface area contributed by atoms with Crippen LogP contribution >= 0.6 is 11.3 Å². The smallest absolute Gasteiger partial charge is 0.194 e. The molecule has 0 bridgehead atoms. The molecule has 0 fully saturated rings. The number of hydrogen-bond donors (Lipinski definition) is 1. The Balaban J connectivity index is 2.25. The van der Waals surface area contributed by atoms with Gasteiger partial charge in [0.25, 0.3) is 0 Å². The molecule has 2 nitrogen and oxygen atoms in total. The van der Waals surface area contributed by atoms with Crippen LogP contribution in [0.15, 0.2) is 41.8 Å². The van der Waals surface area contributed by atoms with E-state index in [-0.39, 0.29) is 11.5 Å². The number of aromatic hydroxyl groups is 1. The molecule has 1 aliphatic carbocycles. The SMILES string of the molecule is O=C1c2ccccc2-c2c1cc(O)c1ccsc21. The van der Waals surface area contributed by atoms with E-state index in [1.165, 1.54) is 0 Å². The zero-order valence-electron chi connectivity index (χ0n) is 9.31. The molecule has 86 valence electrons. The second-order valence-electron chi connectivity index (χ2n) is 4.36. The fraction of sp³-hybridized carbons (Fsp3) is 0. The molecule has 0 aliphatic heterocycles. The summed E-state index contributed by atoms with van der Waals surface area (Å²) in [6, 6.07) is 11.1. The van der Waals surface area contributed by atoms with Crippen molar-refractivity contribution in [2.45, 2.75) is 0 Å². The first-order chi connectivity index (χ1) is 8.77. The Morgan fingerprint density at radius 3 is 2.61 bits per heavy atom. The standard InChI is InChI=1S/C15H8O2S/c16-12-7-11-13(15-10(12)5-6-18-15)8-3-1-2-4-9(8)14(11)17/h1-7,16H. The van der Waals surface area contributed by atoms with Crippen LogP contribution in [-0.4, -0.2) is 10.9 Å². The molecular formula is C15H8O2S. The van der Waals surface area contributed by atoms with E-state index in [1.807, 2.05) is 35.7 Å². The maximum absolute atomic E-state index is 12.3. The third kappa shape index (κ3) is 1.05. The lowest BCUT2D eigenvalue weighted by Gasteiger charge is -2.03. The van der Waals surface area contributed by atoms with Gasteiger partial charge in [0.2, 0.25) is 0 Å². The fourth-order valence-electron chi connectivity index (χ4n) is 2.60. The van der Waals surface area contributed by atoms with Crippen LogP contribution in [0.2, 0.25) is 0 Å². The number of carbonyl (C=O) groups is 1. The number of fused-ring (bicyclic) bond motifs is 5. The van der Waals surface area contributed by atoms with Crippen LogP contribution in [0.25, 0.3) is 21.2 Å². The average molecular weight is 252 g/mol. The summed E-state index contributed by atoms with van der Waals surface area (Å²) < 4.78 is 0.989. The molecule has 0 spiro atoms.